The van der Waals surface area contributed by atoms with Gasteiger partial charge in [-0.2, -0.15) is 0 Å². The van der Waals surface area contributed by atoms with Crippen molar-refractivity contribution in [2.75, 3.05) is 7.11 Å². The lowest BCUT2D eigenvalue weighted by molar-refractivity contribution is 0.104. The number of carbonyl (C=O) groups is 1. The van der Waals surface area contributed by atoms with Crippen molar-refractivity contribution in [3.63, 3.8) is 0 Å². The first-order chi connectivity index (χ1) is 9.20. The number of carbonyl (C=O) groups excluding carboxylic acids is 1. The smallest absolute Gasteiger partial charge is 0.189 e. The van der Waals surface area contributed by atoms with Gasteiger partial charge in [-0.05, 0) is 30.5 Å². The molecule has 0 saturated carbocycles. The molecule has 1 aliphatic carbocycles. The fraction of sp³-hybridized carbons (Fsp3) is 0.188. The second kappa shape index (κ2) is 6.05. The number of hydrogen-bond acceptors (Lipinski definition) is 3. The number of ketones is 1. The zero-order valence-corrected chi connectivity index (χ0v) is 10.7. The van der Waals surface area contributed by atoms with Crippen molar-refractivity contribution in [2.45, 2.75) is 6.42 Å². The van der Waals surface area contributed by atoms with E-state index in [4.69, 9.17) is 4.74 Å². The van der Waals surface area contributed by atoms with E-state index >= 15 is 0 Å². The van der Waals surface area contributed by atoms with Crippen LogP contribution in [-0.2, 0) is 0 Å². The van der Waals surface area contributed by atoms with Gasteiger partial charge in [0.1, 0.15) is 11.5 Å². The summed E-state index contributed by atoms with van der Waals surface area (Å²) in [6, 6.07) is 4.66. The minimum Gasteiger partial charge on any atom is -0.507 e. The van der Waals surface area contributed by atoms with Gasteiger partial charge in [0.25, 0.3) is 0 Å². The molecule has 1 unspecified atom stereocenters. The Labute approximate surface area is 112 Å². The van der Waals surface area contributed by atoms with Crippen molar-refractivity contribution in [1.82, 2.24) is 0 Å². The van der Waals surface area contributed by atoms with Gasteiger partial charge in [-0.15, -0.1) is 0 Å². The van der Waals surface area contributed by atoms with Crippen LogP contribution in [0.5, 0.6) is 11.5 Å². The summed E-state index contributed by atoms with van der Waals surface area (Å²) >= 11 is 0. The number of methoxy groups -OCH3 is 1. The van der Waals surface area contributed by atoms with Crippen LogP contribution in [0.2, 0.25) is 0 Å². The van der Waals surface area contributed by atoms with E-state index in [0.717, 1.165) is 6.42 Å². The Morgan fingerprint density at radius 2 is 2.26 bits per heavy atom. The molecular formula is C16H16O3. The van der Waals surface area contributed by atoms with Crippen LogP contribution in [0, 0.1) is 5.92 Å². The van der Waals surface area contributed by atoms with Crippen LogP contribution >= 0.6 is 0 Å². The molecule has 1 aromatic rings. The fourth-order valence-electron chi connectivity index (χ4n) is 1.89. The van der Waals surface area contributed by atoms with Gasteiger partial charge in [-0.1, -0.05) is 30.4 Å². The van der Waals surface area contributed by atoms with Crippen molar-refractivity contribution in [3.05, 3.63) is 60.2 Å². The lowest BCUT2D eigenvalue weighted by Crippen LogP contribution is -1.98. The first-order valence-corrected chi connectivity index (χ1v) is 6.13. The molecule has 0 spiro atoms. The van der Waals surface area contributed by atoms with Crippen molar-refractivity contribution < 1.29 is 14.6 Å². The molecule has 1 aliphatic rings. The number of benzene rings is 1. The molecule has 1 aromatic carbocycles. The van der Waals surface area contributed by atoms with E-state index in [1.807, 2.05) is 24.3 Å². The summed E-state index contributed by atoms with van der Waals surface area (Å²) in [7, 11) is 1.51. The number of phenols is 1. The summed E-state index contributed by atoms with van der Waals surface area (Å²) < 4.78 is 4.98. The molecule has 1 atom stereocenters. The molecule has 19 heavy (non-hydrogen) atoms. The molecule has 0 heterocycles. The molecule has 3 heteroatoms. The highest BCUT2D eigenvalue weighted by Crippen LogP contribution is 2.24. The first kappa shape index (κ1) is 13.1. The topological polar surface area (TPSA) is 46.5 Å². The largest absolute Gasteiger partial charge is 0.507 e. The third kappa shape index (κ3) is 3.35. The highest BCUT2D eigenvalue weighted by molar-refractivity contribution is 6.06. The molecule has 0 bridgehead atoms. The number of rotatable bonds is 4. The lowest BCUT2D eigenvalue weighted by atomic mass is 9.99. The molecule has 0 fully saturated rings. The Morgan fingerprint density at radius 1 is 1.42 bits per heavy atom. The molecule has 2 rings (SSSR count). The van der Waals surface area contributed by atoms with Crippen LogP contribution in [0.4, 0.5) is 0 Å². The zero-order chi connectivity index (χ0) is 13.7. The van der Waals surface area contributed by atoms with Gasteiger partial charge in [0.15, 0.2) is 5.78 Å². The second-order valence-electron chi connectivity index (χ2n) is 4.32. The SMILES string of the molecule is COc1ccc(C(=O)C=CC2C=CC=CC2)c(O)c1. The molecule has 98 valence electrons. The van der Waals surface area contributed by atoms with E-state index in [0.29, 0.717) is 5.75 Å². The summed E-state index contributed by atoms with van der Waals surface area (Å²) in [5.41, 5.74) is 0.285. The summed E-state index contributed by atoms with van der Waals surface area (Å²) in [4.78, 5) is 12.0. The van der Waals surface area contributed by atoms with E-state index in [1.54, 1.807) is 12.1 Å². The van der Waals surface area contributed by atoms with Gasteiger partial charge in [0, 0.05) is 6.07 Å². The third-order valence-electron chi connectivity index (χ3n) is 2.98. The molecule has 0 amide bonds. The molecule has 3 nitrogen and oxygen atoms in total. The maximum Gasteiger partial charge on any atom is 0.189 e. The van der Waals surface area contributed by atoms with E-state index in [1.165, 1.54) is 19.3 Å². The normalized spacial score (nSPS) is 17.8. The van der Waals surface area contributed by atoms with Crippen LogP contribution in [-0.4, -0.2) is 18.0 Å². The fourth-order valence-corrected chi connectivity index (χ4v) is 1.89. The maximum atomic E-state index is 12.0. The average molecular weight is 256 g/mol. The van der Waals surface area contributed by atoms with Crippen molar-refractivity contribution >= 4 is 5.78 Å². The average Bonchev–Trinajstić information content (AvgIpc) is 2.45. The lowest BCUT2D eigenvalue weighted by Gasteiger charge is -2.07. The van der Waals surface area contributed by atoms with Gasteiger partial charge in [-0.25, -0.2) is 0 Å². The zero-order valence-electron chi connectivity index (χ0n) is 10.7. The number of allylic oxidation sites excluding steroid dienone is 6. The molecule has 0 radical (unpaired) electrons. The Morgan fingerprint density at radius 3 is 2.89 bits per heavy atom. The minimum absolute atomic E-state index is 0.0620. The highest BCUT2D eigenvalue weighted by atomic mass is 16.5. The van der Waals surface area contributed by atoms with E-state index < -0.39 is 0 Å². The minimum atomic E-state index is -0.205. The Kier molecular flexibility index (Phi) is 4.18. The van der Waals surface area contributed by atoms with Gasteiger partial charge < -0.3 is 9.84 Å². The molecule has 0 aromatic heterocycles. The molecular weight excluding hydrogens is 240 g/mol. The quantitative estimate of drug-likeness (QED) is 0.664. The van der Waals surface area contributed by atoms with Crippen molar-refractivity contribution in [2.24, 2.45) is 5.92 Å². The third-order valence-corrected chi connectivity index (χ3v) is 2.98. The number of aromatic hydroxyl groups is 1. The van der Waals surface area contributed by atoms with Crippen LogP contribution < -0.4 is 4.74 Å². The summed E-state index contributed by atoms with van der Waals surface area (Å²) in [6.07, 6.45) is 12.3. The van der Waals surface area contributed by atoms with Crippen LogP contribution in [0.1, 0.15) is 16.8 Å². The highest BCUT2D eigenvalue weighted by Gasteiger charge is 2.10. The monoisotopic (exact) mass is 256 g/mol. The first-order valence-electron chi connectivity index (χ1n) is 6.13. The maximum absolute atomic E-state index is 12.0. The van der Waals surface area contributed by atoms with Crippen molar-refractivity contribution in [1.29, 1.82) is 0 Å². The van der Waals surface area contributed by atoms with Crippen LogP contribution in [0.15, 0.2) is 54.7 Å². The Hall–Kier alpha value is -2.29. The van der Waals surface area contributed by atoms with Gasteiger partial charge in [0.2, 0.25) is 0 Å². The van der Waals surface area contributed by atoms with Crippen LogP contribution in [0.3, 0.4) is 0 Å². The second-order valence-corrected chi connectivity index (χ2v) is 4.32. The predicted molar refractivity (Wildman–Crippen MR) is 74.5 cm³/mol. The van der Waals surface area contributed by atoms with E-state index in [2.05, 4.69) is 6.08 Å². The summed E-state index contributed by atoms with van der Waals surface area (Å²) in [5.74, 6) is 0.504. The number of ether oxygens (including phenoxy) is 1. The number of hydrogen-bond donors (Lipinski definition) is 1. The van der Waals surface area contributed by atoms with Crippen LogP contribution in [0.25, 0.3) is 0 Å². The summed E-state index contributed by atoms with van der Waals surface area (Å²) in [5, 5.41) is 9.77. The predicted octanol–water partition coefficient (Wildman–Crippen LogP) is 3.27. The van der Waals surface area contributed by atoms with Crippen molar-refractivity contribution in [3.8, 4) is 11.5 Å². The standard InChI is InChI=1S/C16H16O3/c1-19-13-8-9-14(16(18)11-13)15(17)10-7-12-5-3-2-4-6-12/h2-5,7-12,18H,6H2,1H3. The van der Waals surface area contributed by atoms with E-state index in [-0.39, 0.29) is 23.0 Å². The Balaban J connectivity index is 2.09. The molecule has 1 N–H and O–H groups in total. The summed E-state index contributed by atoms with van der Waals surface area (Å²) in [6.45, 7) is 0. The Bertz CT molecular complexity index is 553. The molecule has 0 aliphatic heterocycles. The van der Waals surface area contributed by atoms with Gasteiger partial charge in [-0.3, -0.25) is 4.79 Å². The number of phenolic OH excluding ortho intramolecular Hbond substituents is 1. The van der Waals surface area contributed by atoms with Gasteiger partial charge in [0.05, 0.1) is 12.7 Å². The molecule has 0 saturated heterocycles. The van der Waals surface area contributed by atoms with E-state index in [9.17, 15) is 9.90 Å². The van der Waals surface area contributed by atoms with Gasteiger partial charge >= 0.3 is 0 Å².